The van der Waals surface area contributed by atoms with E-state index in [9.17, 15) is 13.2 Å². The lowest BCUT2D eigenvalue weighted by molar-refractivity contribution is -0.128. The van der Waals surface area contributed by atoms with Gasteiger partial charge in [0.15, 0.2) is 0 Å². The zero-order valence-corrected chi connectivity index (χ0v) is 16.0. The van der Waals surface area contributed by atoms with Gasteiger partial charge in [0.05, 0.1) is 11.4 Å². The van der Waals surface area contributed by atoms with Gasteiger partial charge < -0.3 is 9.80 Å². The van der Waals surface area contributed by atoms with E-state index in [4.69, 9.17) is 0 Å². The van der Waals surface area contributed by atoms with Crippen LogP contribution in [-0.2, 0) is 20.2 Å². The lowest BCUT2D eigenvalue weighted by Crippen LogP contribution is -2.40. The number of hydrogen-bond donors (Lipinski definition) is 1. The first-order valence-corrected chi connectivity index (χ1v) is 10.4. The first-order valence-electron chi connectivity index (χ1n) is 8.91. The molecule has 6 nitrogen and oxygen atoms in total. The minimum absolute atomic E-state index is 0.158. The summed E-state index contributed by atoms with van der Waals surface area (Å²) >= 11 is 0. The number of nitrogens with zero attached hydrogens (tertiary/aromatic N) is 2. The number of carbonyl (C=O) groups is 1. The van der Waals surface area contributed by atoms with Gasteiger partial charge >= 0.3 is 0 Å². The van der Waals surface area contributed by atoms with E-state index < -0.39 is 10.0 Å². The highest BCUT2D eigenvalue weighted by Crippen LogP contribution is 2.41. The molecule has 3 rings (SSSR count). The number of carbonyl (C=O) groups excluding carboxylic acids is 1. The van der Waals surface area contributed by atoms with Gasteiger partial charge in [-0.25, -0.2) is 13.1 Å². The summed E-state index contributed by atoms with van der Waals surface area (Å²) in [7, 11) is -3.48. The average Bonchev–Trinajstić information content (AvgIpc) is 3.15. The first kappa shape index (κ1) is 18.2. The molecule has 0 aromatic heterocycles. The van der Waals surface area contributed by atoms with E-state index in [2.05, 4.69) is 23.5 Å². The van der Waals surface area contributed by atoms with Crippen molar-refractivity contribution in [1.82, 2.24) is 9.62 Å². The highest BCUT2D eigenvalue weighted by atomic mass is 32.2. The predicted octanol–water partition coefficient (Wildman–Crippen LogP) is 1.70. The predicted molar refractivity (Wildman–Crippen MR) is 98.4 cm³/mol. The van der Waals surface area contributed by atoms with Gasteiger partial charge in [0, 0.05) is 37.3 Å². The first-order chi connectivity index (χ1) is 11.7. The molecular formula is C18H27N3O3S. The van der Waals surface area contributed by atoms with Crippen molar-refractivity contribution in [2.75, 3.05) is 37.6 Å². The van der Waals surface area contributed by atoms with Crippen molar-refractivity contribution in [2.24, 2.45) is 0 Å². The monoisotopic (exact) mass is 365 g/mol. The van der Waals surface area contributed by atoms with Gasteiger partial charge in [-0.15, -0.1) is 0 Å². The standard InChI is InChI=1S/C18H27N3O3S/c1-4-19-25(23,24)14-7-8-16-15(11-14)18(2,3)13-21(16)12-17(22)20-9-5-6-10-20/h7-8,11,19H,4-6,9-10,12-13H2,1-3H3. The Bertz CT molecular complexity index is 768. The van der Waals surface area contributed by atoms with Gasteiger partial charge in [0.1, 0.15) is 0 Å². The summed E-state index contributed by atoms with van der Waals surface area (Å²) in [6.07, 6.45) is 2.17. The molecule has 0 atom stereocenters. The molecule has 25 heavy (non-hydrogen) atoms. The SMILES string of the molecule is CCNS(=O)(=O)c1ccc2c(c1)C(C)(C)CN2CC(=O)N1CCCC1. The Labute approximate surface area is 150 Å². The molecule has 1 aromatic rings. The third kappa shape index (κ3) is 3.53. The summed E-state index contributed by atoms with van der Waals surface area (Å²) in [5.74, 6) is 0.158. The van der Waals surface area contributed by atoms with Crippen molar-refractivity contribution < 1.29 is 13.2 Å². The van der Waals surface area contributed by atoms with Crippen LogP contribution in [0.1, 0.15) is 39.2 Å². The molecule has 0 spiro atoms. The smallest absolute Gasteiger partial charge is 0.242 e. The number of rotatable bonds is 5. The van der Waals surface area contributed by atoms with E-state index >= 15 is 0 Å². The molecule has 7 heteroatoms. The van der Waals surface area contributed by atoms with Crippen LogP contribution in [-0.4, -0.2) is 51.9 Å². The van der Waals surface area contributed by atoms with Crippen molar-refractivity contribution in [3.8, 4) is 0 Å². The van der Waals surface area contributed by atoms with E-state index in [0.29, 0.717) is 19.6 Å². The highest BCUT2D eigenvalue weighted by Gasteiger charge is 2.37. The summed E-state index contributed by atoms with van der Waals surface area (Å²) in [5.41, 5.74) is 1.76. The fourth-order valence-corrected chi connectivity index (χ4v) is 4.86. The Morgan fingerprint density at radius 3 is 2.56 bits per heavy atom. The largest absolute Gasteiger partial charge is 0.361 e. The zero-order chi connectivity index (χ0) is 18.2. The minimum atomic E-state index is -3.48. The summed E-state index contributed by atoms with van der Waals surface area (Å²) in [5, 5.41) is 0. The molecule has 0 unspecified atom stereocenters. The number of amides is 1. The van der Waals surface area contributed by atoms with E-state index in [1.807, 2.05) is 11.0 Å². The second-order valence-electron chi connectivity index (χ2n) is 7.51. The Kier molecular flexibility index (Phi) is 4.81. The molecule has 2 aliphatic heterocycles. The normalized spacial score (nSPS) is 19.3. The molecule has 138 valence electrons. The third-order valence-electron chi connectivity index (χ3n) is 5.05. The van der Waals surface area contributed by atoms with E-state index in [0.717, 1.165) is 37.2 Å². The molecule has 1 amide bonds. The second kappa shape index (κ2) is 6.61. The maximum Gasteiger partial charge on any atom is 0.242 e. The Balaban J connectivity index is 1.87. The van der Waals surface area contributed by atoms with Crippen LogP contribution in [0.5, 0.6) is 0 Å². The number of benzene rings is 1. The van der Waals surface area contributed by atoms with Crippen molar-refractivity contribution in [2.45, 2.75) is 43.9 Å². The van der Waals surface area contributed by atoms with Crippen LogP contribution in [0.15, 0.2) is 23.1 Å². The van der Waals surface area contributed by atoms with Crippen molar-refractivity contribution in [3.63, 3.8) is 0 Å². The van der Waals surface area contributed by atoms with Crippen LogP contribution < -0.4 is 9.62 Å². The quantitative estimate of drug-likeness (QED) is 0.862. The lowest BCUT2D eigenvalue weighted by Gasteiger charge is -2.24. The fraction of sp³-hybridized carbons (Fsp3) is 0.611. The molecule has 1 N–H and O–H groups in total. The van der Waals surface area contributed by atoms with Crippen LogP contribution in [0, 0.1) is 0 Å². The summed E-state index contributed by atoms with van der Waals surface area (Å²) in [4.78, 5) is 16.8. The van der Waals surface area contributed by atoms with Crippen LogP contribution in [0.3, 0.4) is 0 Å². The van der Waals surface area contributed by atoms with E-state index in [-0.39, 0.29) is 16.2 Å². The molecular weight excluding hydrogens is 338 g/mol. The average molecular weight is 365 g/mol. The molecule has 0 bridgehead atoms. The third-order valence-corrected chi connectivity index (χ3v) is 6.60. The van der Waals surface area contributed by atoms with Crippen LogP contribution in [0.25, 0.3) is 0 Å². The Morgan fingerprint density at radius 2 is 1.92 bits per heavy atom. The maximum absolute atomic E-state index is 12.5. The summed E-state index contributed by atoms with van der Waals surface area (Å²) < 4.78 is 27.1. The molecule has 1 fully saturated rings. The lowest BCUT2D eigenvalue weighted by atomic mass is 9.87. The van der Waals surface area contributed by atoms with Gasteiger partial charge in [-0.2, -0.15) is 0 Å². The zero-order valence-electron chi connectivity index (χ0n) is 15.2. The minimum Gasteiger partial charge on any atom is -0.361 e. The number of likely N-dealkylation sites (tertiary alicyclic amines) is 1. The topological polar surface area (TPSA) is 69.7 Å². The molecule has 0 aliphatic carbocycles. The highest BCUT2D eigenvalue weighted by molar-refractivity contribution is 7.89. The van der Waals surface area contributed by atoms with Gasteiger partial charge in [-0.05, 0) is 36.6 Å². The van der Waals surface area contributed by atoms with Gasteiger partial charge in [-0.3, -0.25) is 4.79 Å². The molecule has 2 aliphatic rings. The number of anilines is 1. The molecule has 1 aromatic carbocycles. The van der Waals surface area contributed by atoms with E-state index in [1.165, 1.54) is 0 Å². The van der Waals surface area contributed by atoms with Crippen LogP contribution in [0.2, 0.25) is 0 Å². The van der Waals surface area contributed by atoms with Gasteiger partial charge in [0.2, 0.25) is 15.9 Å². The Hall–Kier alpha value is -1.60. The van der Waals surface area contributed by atoms with Crippen LogP contribution >= 0.6 is 0 Å². The molecule has 2 heterocycles. The van der Waals surface area contributed by atoms with E-state index in [1.54, 1.807) is 19.1 Å². The van der Waals surface area contributed by atoms with Crippen molar-refractivity contribution in [3.05, 3.63) is 23.8 Å². The summed E-state index contributed by atoms with van der Waals surface area (Å²) in [6, 6.07) is 5.23. The number of fused-ring (bicyclic) bond motifs is 1. The van der Waals surface area contributed by atoms with Crippen LogP contribution in [0.4, 0.5) is 5.69 Å². The van der Waals surface area contributed by atoms with Gasteiger partial charge in [0.25, 0.3) is 0 Å². The van der Waals surface area contributed by atoms with Crippen molar-refractivity contribution in [1.29, 1.82) is 0 Å². The fourth-order valence-electron chi connectivity index (χ4n) is 3.79. The molecule has 1 saturated heterocycles. The molecule has 0 radical (unpaired) electrons. The Morgan fingerprint density at radius 1 is 1.24 bits per heavy atom. The molecule has 0 saturated carbocycles. The second-order valence-corrected chi connectivity index (χ2v) is 9.28. The maximum atomic E-state index is 12.5. The van der Waals surface area contributed by atoms with Gasteiger partial charge in [-0.1, -0.05) is 20.8 Å². The number of hydrogen-bond acceptors (Lipinski definition) is 4. The number of nitrogens with one attached hydrogen (secondary N) is 1. The van der Waals surface area contributed by atoms with Crippen molar-refractivity contribution >= 4 is 21.6 Å². The summed E-state index contributed by atoms with van der Waals surface area (Å²) in [6.45, 7) is 9.08. The number of sulfonamides is 1.